The normalized spacial score (nSPS) is 11.1. The van der Waals surface area contributed by atoms with Crippen molar-refractivity contribution in [2.24, 2.45) is 5.92 Å². The first-order chi connectivity index (χ1) is 13.9. The highest BCUT2D eigenvalue weighted by atomic mass is 19.1. The van der Waals surface area contributed by atoms with Crippen molar-refractivity contribution in [1.82, 2.24) is 14.7 Å². The molecule has 0 saturated carbocycles. The molecule has 2 aromatic carbocycles. The molecule has 0 N–H and O–H groups in total. The lowest BCUT2D eigenvalue weighted by molar-refractivity contribution is 0.0767. The van der Waals surface area contributed by atoms with Crippen molar-refractivity contribution in [2.45, 2.75) is 20.4 Å². The summed E-state index contributed by atoms with van der Waals surface area (Å²) in [4.78, 5) is 27.2. The predicted molar refractivity (Wildman–Crippen MR) is 110 cm³/mol. The zero-order valence-electron chi connectivity index (χ0n) is 16.8. The lowest BCUT2D eigenvalue weighted by Gasteiger charge is -2.19. The van der Waals surface area contributed by atoms with Crippen LogP contribution < -0.4 is 10.3 Å². The lowest BCUT2D eigenvalue weighted by Crippen LogP contribution is -2.34. The summed E-state index contributed by atoms with van der Waals surface area (Å²) in [5, 5.41) is 5.38. The maximum absolute atomic E-state index is 13.0. The Morgan fingerprint density at radius 1 is 1.14 bits per heavy atom. The van der Waals surface area contributed by atoms with Crippen LogP contribution in [0, 0.1) is 11.7 Å². The van der Waals surface area contributed by atoms with Gasteiger partial charge in [-0.15, -0.1) is 0 Å². The highest BCUT2D eigenvalue weighted by Gasteiger charge is 2.20. The van der Waals surface area contributed by atoms with E-state index in [0.717, 1.165) is 0 Å². The second-order valence-corrected chi connectivity index (χ2v) is 7.30. The Morgan fingerprint density at radius 3 is 2.45 bits per heavy atom. The third-order valence-electron chi connectivity index (χ3n) is 4.46. The van der Waals surface area contributed by atoms with Crippen LogP contribution in [-0.4, -0.2) is 40.8 Å². The number of ether oxygens (including phenoxy) is 1. The van der Waals surface area contributed by atoms with Crippen LogP contribution in [0.25, 0.3) is 10.8 Å². The molecule has 1 heterocycles. The number of hydrogen-bond donors (Lipinski definition) is 0. The van der Waals surface area contributed by atoms with E-state index in [4.69, 9.17) is 4.74 Å². The van der Waals surface area contributed by atoms with Crippen molar-refractivity contribution in [3.63, 3.8) is 0 Å². The smallest absolute Gasteiger partial charge is 0.274 e. The average molecular weight is 397 g/mol. The first-order valence-corrected chi connectivity index (χ1v) is 9.50. The molecule has 0 aliphatic rings. The zero-order valence-corrected chi connectivity index (χ0v) is 16.8. The van der Waals surface area contributed by atoms with E-state index in [1.807, 2.05) is 13.8 Å². The molecule has 7 heteroatoms. The third-order valence-corrected chi connectivity index (χ3v) is 4.46. The number of halogens is 1. The molecule has 0 unspecified atom stereocenters. The van der Waals surface area contributed by atoms with E-state index in [2.05, 4.69) is 5.10 Å². The molecule has 3 aromatic rings. The molecule has 1 aromatic heterocycles. The fourth-order valence-electron chi connectivity index (χ4n) is 2.98. The van der Waals surface area contributed by atoms with Crippen LogP contribution >= 0.6 is 0 Å². The van der Waals surface area contributed by atoms with E-state index in [0.29, 0.717) is 29.6 Å². The lowest BCUT2D eigenvalue weighted by atomic mass is 10.1. The van der Waals surface area contributed by atoms with Crippen LogP contribution in [0.3, 0.4) is 0 Å². The van der Waals surface area contributed by atoms with Gasteiger partial charge in [-0.3, -0.25) is 9.59 Å². The topological polar surface area (TPSA) is 64.4 Å². The molecule has 0 radical (unpaired) electrons. The molecule has 0 aliphatic heterocycles. The Kier molecular flexibility index (Phi) is 6.26. The first-order valence-electron chi connectivity index (χ1n) is 9.50. The molecule has 0 aliphatic carbocycles. The maximum Gasteiger partial charge on any atom is 0.274 e. The minimum absolute atomic E-state index is 0.201. The van der Waals surface area contributed by atoms with Gasteiger partial charge in [-0.2, -0.15) is 5.10 Å². The van der Waals surface area contributed by atoms with Crippen molar-refractivity contribution >= 4 is 16.7 Å². The van der Waals surface area contributed by atoms with Gasteiger partial charge in [0.2, 0.25) is 0 Å². The minimum Gasteiger partial charge on any atom is -0.492 e. The summed E-state index contributed by atoms with van der Waals surface area (Å²) in [5.41, 5.74) is 0.0401. The van der Waals surface area contributed by atoms with Crippen molar-refractivity contribution in [3.8, 4) is 5.75 Å². The summed E-state index contributed by atoms with van der Waals surface area (Å²) in [6, 6.07) is 12.7. The van der Waals surface area contributed by atoms with E-state index in [9.17, 15) is 14.0 Å². The largest absolute Gasteiger partial charge is 0.492 e. The number of carbonyl (C=O) groups is 1. The van der Waals surface area contributed by atoms with E-state index in [1.165, 1.54) is 33.8 Å². The van der Waals surface area contributed by atoms with E-state index in [-0.39, 0.29) is 35.5 Å². The highest BCUT2D eigenvalue weighted by molar-refractivity contribution is 6.04. The number of fused-ring (bicyclic) bond motifs is 1. The SMILES string of the molecule is CC(C)Cn1nc(C(=O)N(C)CCOc2ccc(F)cc2)c2ccccc2c1=O. The van der Waals surface area contributed by atoms with Crippen LogP contribution in [-0.2, 0) is 6.54 Å². The minimum atomic E-state index is -0.334. The van der Waals surface area contributed by atoms with Gasteiger partial charge in [0.25, 0.3) is 11.5 Å². The molecule has 0 atom stereocenters. The summed E-state index contributed by atoms with van der Waals surface area (Å²) < 4.78 is 19.9. The summed E-state index contributed by atoms with van der Waals surface area (Å²) >= 11 is 0. The van der Waals surface area contributed by atoms with Gasteiger partial charge in [0.05, 0.1) is 11.9 Å². The Bertz CT molecular complexity index is 1060. The van der Waals surface area contributed by atoms with Gasteiger partial charge in [-0.1, -0.05) is 32.0 Å². The number of amides is 1. The molecule has 3 rings (SSSR count). The summed E-state index contributed by atoms with van der Waals surface area (Å²) in [5.74, 6) is 0.119. The van der Waals surface area contributed by atoms with Crippen molar-refractivity contribution < 1.29 is 13.9 Å². The zero-order chi connectivity index (χ0) is 21.0. The van der Waals surface area contributed by atoms with Crippen LogP contribution in [0.1, 0.15) is 24.3 Å². The van der Waals surface area contributed by atoms with Crippen LogP contribution in [0.4, 0.5) is 4.39 Å². The van der Waals surface area contributed by atoms with Gasteiger partial charge in [0.1, 0.15) is 18.2 Å². The first kappa shape index (κ1) is 20.5. The molecular weight excluding hydrogens is 373 g/mol. The second-order valence-electron chi connectivity index (χ2n) is 7.30. The predicted octanol–water partition coefficient (Wildman–Crippen LogP) is 3.34. The molecule has 0 bridgehead atoms. The fourth-order valence-corrected chi connectivity index (χ4v) is 2.98. The van der Waals surface area contributed by atoms with Gasteiger partial charge in [0.15, 0.2) is 5.69 Å². The van der Waals surface area contributed by atoms with Gasteiger partial charge in [-0.25, -0.2) is 9.07 Å². The van der Waals surface area contributed by atoms with Crippen molar-refractivity contribution in [2.75, 3.05) is 20.2 Å². The number of benzene rings is 2. The molecular formula is C22H24FN3O3. The Labute approximate surface area is 168 Å². The molecule has 152 valence electrons. The van der Waals surface area contributed by atoms with E-state index >= 15 is 0 Å². The van der Waals surface area contributed by atoms with Crippen LogP contribution in [0.2, 0.25) is 0 Å². The standard InChI is InChI=1S/C22H24FN3O3/c1-15(2)14-26-21(27)19-7-5-4-6-18(19)20(24-26)22(28)25(3)12-13-29-17-10-8-16(23)9-11-17/h4-11,15H,12-14H2,1-3H3. The number of nitrogens with zero attached hydrogens (tertiary/aromatic N) is 3. The Morgan fingerprint density at radius 2 is 1.79 bits per heavy atom. The number of likely N-dealkylation sites (N-methyl/N-ethyl adjacent to an activating group) is 1. The van der Waals surface area contributed by atoms with Gasteiger partial charge in [0, 0.05) is 19.0 Å². The Hall–Kier alpha value is -3.22. The summed E-state index contributed by atoms with van der Waals surface area (Å²) in [7, 11) is 1.66. The van der Waals surface area contributed by atoms with Gasteiger partial charge >= 0.3 is 0 Å². The number of aromatic nitrogens is 2. The molecule has 6 nitrogen and oxygen atoms in total. The van der Waals surface area contributed by atoms with Gasteiger partial charge < -0.3 is 9.64 Å². The van der Waals surface area contributed by atoms with E-state index < -0.39 is 0 Å². The van der Waals surface area contributed by atoms with Crippen molar-refractivity contribution in [3.05, 3.63) is 70.4 Å². The molecule has 0 fully saturated rings. The maximum atomic E-state index is 13.0. The molecule has 1 amide bonds. The van der Waals surface area contributed by atoms with Crippen LogP contribution in [0.15, 0.2) is 53.3 Å². The number of carbonyl (C=O) groups excluding carboxylic acids is 1. The third kappa shape index (κ3) is 4.80. The monoisotopic (exact) mass is 397 g/mol. The van der Waals surface area contributed by atoms with E-state index in [1.54, 1.807) is 31.3 Å². The second kappa shape index (κ2) is 8.86. The van der Waals surface area contributed by atoms with Gasteiger partial charge in [-0.05, 0) is 36.2 Å². The van der Waals surface area contributed by atoms with Crippen LogP contribution in [0.5, 0.6) is 5.75 Å². The average Bonchev–Trinajstić information content (AvgIpc) is 2.70. The molecule has 0 spiro atoms. The summed E-state index contributed by atoms with van der Waals surface area (Å²) in [6.45, 7) is 4.97. The Balaban J connectivity index is 1.80. The van der Waals surface area contributed by atoms with Crippen molar-refractivity contribution in [1.29, 1.82) is 0 Å². The number of hydrogen-bond acceptors (Lipinski definition) is 4. The molecule has 29 heavy (non-hydrogen) atoms. The number of rotatable bonds is 7. The fraction of sp³-hybridized carbons (Fsp3) is 0.318. The molecule has 0 saturated heterocycles. The highest BCUT2D eigenvalue weighted by Crippen LogP contribution is 2.16. The summed E-state index contributed by atoms with van der Waals surface area (Å²) in [6.07, 6.45) is 0. The quantitative estimate of drug-likeness (QED) is 0.613.